The van der Waals surface area contributed by atoms with Crippen LogP contribution in [0.1, 0.15) is 16.1 Å². The van der Waals surface area contributed by atoms with Crippen LogP contribution >= 0.6 is 11.6 Å². The molecule has 4 nitrogen and oxygen atoms in total. The summed E-state index contributed by atoms with van der Waals surface area (Å²) in [5.41, 5.74) is 1.58. The Hall–Kier alpha value is -1.81. The van der Waals surface area contributed by atoms with Crippen molar-refractivity contribution in [1.82, 2.24) is 9.13 Å². The average molecular weight is 251 g/mol. The number of rotatable bonds is 2. The third-order valence-corrected chi connectivity index (χ3v) is 3.01. The lowest BCUT2D eigenvalue weighted by Crippen LogP contribution is -2.21. The first-order valence-corrected chi connectivity index (χ1v) is 5.43. The van der Waals surface area contributed by atoms with Crippen molar-refractivity contribution in [2.45, 2.75) is 6.92 Å². The number of aryl methyl sites for hydroxylation is 1. The molecule has 5 heteroatoms. The SMILES string of the molecule is Cc1ccc(-n2c(Cl)c(C=O)n(C)c2=O)cc1. The summed E-state index contributed by atoms with van der Waals surface area (Å²) < 4.78 is 2.54. The van der Waals surface area contributed by atoms with Gasteiger partial charge in [0.05, 0.1) is 5.69 Å². The molecule has 0 fully saturated rings. The van der Waals surface area contributed by atoms with Crippen LogP contribution in [0.15, 0.2) is 29.1 Å². The largest absolute Gasteiger partial charge is 0.334 e. The Morgan fingerprint density at radius 1 is 1.24 bits per heavy atom. The standard InChI is InChI=1S/C12H11ClN2O2/c1-8-3-5-9(6-4-8)15-11(13)10(7-16)14(2)12(15)17/h3-7H,1-2H3. The van der Waals surface area contributed by atoms with Crippen LogP contribution in [-0.4, -0.2) is 15.4 Å². The molecule has 0 saturated carbocycles. The Morgan fingerprint density at radius 2 is 1.82 bits per heavy atom. The summed E-state index contributed by atoms with van der Waals surface area (Å²) in [5, 5.41) is 0.136. The first-order chi connectivity index (χ1) is 8.06. The summed E-state index contributed by atoms with van der Waals surface area (Å²) in [7, 11) is 1.52. The molecule has 0 N–H and O–H groups in total. The zero-order valence-corrected chi connectivity index (χ0v) is 10.2. The molecule has 88 valence electrons. The molecule has 0 aliphatic heterocycles. The third-order valence-electron chi connectivity index (χ3n) is 2.65. The molecule has 0 aliphatic rings. The van der Waals surface area contributed by atoms with Gasteiger partial charge in [0.25, 0.3) is 0 Å². The van der Waals surface area contributed by atoms with Crippen molar-refractivity contribution in [2.75, 3.05) is 0 Å². The Morgan fingerprint density at radius 3 is 2.29 bits per heavy atom. The lowest BCUT2D eigenvalue weighted by molar-refractivity contribution is 0.111. The molecular formula is C12H11ClN2O2. The highest BCUT2D eigenvalue weighted by molar-refractivity contribution is 6.32. The topological polar surface area (TPSA) is 44.0 Å². The van der Waals surface area contributed by atoms with E-state index in [4.69, 9.17) is 11.6 Å². The van der Waals surface area contributed by atoms with Crippen LogP contribution in [0, 0.1) is 6.92 Å². The fourth-order valence-corrected chi connectivity index (χ4v) is 1.98. The summed E-state index contributed by atoms with van der Waals surface area (Å²) in [6, 6.07) is 7.34. The van der Waals surface area contributed by atoms with E-state index in [2.05, 4.69) is 0 Å². The van der Waals surface area contributed by atoms with Gasteiger partial charge in [-0.1, -0.05) is 29.3 Å². The predicted molar refractivity (Wildman–Crippen MR) is 66.1 cm³/mol. The zero-order valence-electron chi connectivity index (χ0n) is 9.48. The highest BCUT2D eigenvalue weighted by Crippen LogP contribution is 2.17. The fourth-order valence-electron chi connectivity index (χ4n) is 1.64. The number of carbonyl (C=O) groups excluding carboxylic acids is 1. The number of halogens is 1. The lowest BCUT2D eigenvalue weighted by Gasteiger charge is -2.02. The number of aldehydes is 1. The van der Waals surface area contributed by atoms with E-state index >= 15 is 0 Å². The van der Waals surface area contributed by atoms with E-state index in [1.165, 1.54) is 16.2 Å². The molecule has 0 saturated heterocycles. The van der Waals surface area contributed by atoms with E-state index < -0.39 is 0 Å². The van der Waals surface area contributed by atoms with Gasteiger partial charge in [0.2, 0.25) is 0 Å². The van der Waals surface area contributed by atoms with E-state index in [0.717, 1.165) is 5.56 Å². The first kappa shape index (κ1) is 11.7. The van der Waals surface area contributed by atoms with Crippen LogP contribution in [0.2, 0.25) is 5.15 Å². The molecule has 2 rings (SSSR count). The molecule has 1 aromatic carbocycles. The van der Waals surface area contributed by atoms with Gasteiger partial charge in [-0.05, 0) is 19.1 Å². The van der Waals surface area contributed by atoms with Crippen molar-refractivity contribution in [3.05, 3.63) is 51.2 Å². The molecule has 1 aromatic heterocycles. The maximum Gasteiger partial charge on any atom is 0.334 e. The van der Waals surface area contributed by atoms with Gasteiger partial charge in [0, 0.05) is 7.05 Å². The molecule has 0 unspecified atom stereocenters. The predicted octanol–water partition coefficient (Wildman–Crippen LogP) is 1.95. The van der Waals surface area contributed by atoms with E-state index in [0.29, 0.717) is 12.0 Å². The Labute approximate surface area is 103 Å². The number of aromatic nitrogens is 2. The number of nitrogens with zero attached hydrogens (tertiary/aromatic N) is 2. The van der Waals surface area contributed by atoms with Gasteiger partial charge in [0.1, 0.15) is 10.8 Å². The van der Waals surface area contributed by atoms with Crippen LogP contribution in [0.4, 0.5) is 0 Å². The second-order valence-corrected chi connectivity index (χ2v) is 4.16. The van der Waals surface area contributed by atoms with E-state index in [1.54, 1.807) is 12.1 Å². The quantitative estimate of drug-likeness (QED) is 0.765. The monoisotopic (exact) mass is 250 g/mol. The lowest BCUT2D eigenvalue weighted by atomic mass is 10.2. The maximum atomic E-state index is 11.9. The van der Waals surface area contributed by atoms with Crippen LogP contribution < -0.4 is 5.69 Å². The van der Waals surface area contributed by atoms with Gasteiger partial charge in [-0.25, -0.2) is 4.79 Å². The van der Waals surface area contributed by atoms with Crippen molar-refractivity contribution >= 4 is 17.9 Å². The molecule has 0 aliphatic carbocycles. The van der Waals surface area contributed by atoms with E-state index in [-0.39, 0.29) is 16.5 Å². The summed E-state index contributed by atoms with van der Waals surface area (Å²) in [5.74, 6) is 0. The zero-order chi connectivity index (χ0) is 12.6. The van der Waals surface area contributed by atoms with Gasteiger partial charge < -0.3 is 0 Å². The average Bonchev–Trinajstić information content (AvgIpc) is 2.52. The molecule has 0 radical (unpaired) electrons. The Kier molecular flexibility index (Phi) is 2.90. The molecule has 0 bridgehead atoms. The smallest absolute Gasteiger partial charge is 0.296 e. The second kappa shape index (κ2) is 4.22. The van der Waals surface area contributed by atoms with Crippen molar-refractivity contribution in [2.24, 2.45) is 7.05 Å². The molecule has 1 heterocycles. The molecule has 2 aromatic rings. The maximum absolute atomic E-state index is 11.9. The second-order valence-electron chi connectivity index (χ2n) is 3.81. The highest BCUT2D eigenvalue weighted by atomic mass is 35.5. The Bertz CT molecular complexity index is 623. The van der Waals surface area contributed by atoms with E-state index in [1.807, 2.05) is 19.1 Å². The number of hydrogen-bond acceptors (Lipinski definition) is 2. The Balaban J connectivity index is 2.72. The van der Waals surface area contributed by atoms with Crippen LogP contribution in [0.5, 0.6) is 0 Å². The molecule has 0 atom stereocenters. The van der Waals surface area contributed by atoms with Gasteiger partial charge in [-0.2, -0.15) is 0 Å². The van der Waals surface area contributed by atoms with E-state index in [9.17, 15) is 9.59 Å². The van der Waals surface area contributed by atoms with Crippen molar-refractivity contribution in [3.8, 4) is 5.69 Å². The van der Waals surface area contributed by atoms with Gasteiger partial charge in [-0.3, -0.25) is 13.9 Å². The number of hydrogen-bond donors (Lipinski definition) is 0. The van der Waals surface area contributed by atoms with Crippen LogP contribution in [0.3, 0.4) is 0 Å². The first-order valence-electron chi connectivity index (χ1n) is 5.05. The van der Waals surface area contributed by atoms with Crippen LogP contribution in [0.25, 0.3) is 5.69 Å². The van der Waals surface area contributed by atoms with Crippen LogP contribution in [-0.2, 0) is 7.05 Å². The minimum atomic E-state index is -0.332. The summed E-state index contributed by atoms with van der Waals surface area (Å²) in [4.78, 5) is 22.8. The number of carbonyl (C=O) groups is 1. The summed E-state index contributed by atoms with van der Waals surface area (Å²) >= 11 is 6.02. The summed E-state index contributed by atoms with van der Waals surface area (Å²) in [6.07, 6.45) is 0.578. The fraction of sp³-hybridized carbons (Fsp3) is 0.167. The number of benzene rings is 1. The van der Waals surface area contributed by atoms with Gasteiger partial charge in [0.15, 0.2) is 6.29 Å². The normalized spacial score (nSPS) is 10.5. The number of imidazole rings is 1. The molecule has 0 amide bonds. The third kappa shape index (κ3) is 1.80. The molecule has 17 heavy (non-hydrogen) atoms. The van der Waals surface area contributed by atoms with Crippen molar-refractivity contribution in [1.29, 1.82) is 0 Å². The van der Waals surface area contributed by atoms with Crippen molar-refractivity contribution < 1.29 is 4.79 Å². The molecular weight excluding hydrogens is 240 g/mol. The minimum absolute atomic E-state index is 0.136. The van der Waals surface area contributed by atoms with Gasteiger partial charge >= 0.3 is 5.69 Å². The molecule has 0 spiro atoms. The highest BCUT2D eigenvalue weighted by Gasteiger charge is 2.16. The van der Waals surface area contributed by atoms with Crippen molar-refractivity contribution in [3.63, 3.8) is 0 Å². The summed E-state index contributed by atoms with van der Waals surface area (Å²) in [6.45, 7) is 1.95. The minimum Gasteiger partial charge on any atom is -0.296 e. The van der Waals surface area contributed by atoms with Gasteiger partial charge in [-0.15, -0.1) is 0 Å².